The van der Waals surface area contributed by atoms with Gasteiger partial charge in [0.25, 0.3) is 0 Å². The van der Waals surface area contributed by atoms with Gasteiger partial charge >= 0.3 is 0 Å². The number of hydrogen-bond donors (Lipinski definition) is 1. The highest BCUT2D eigenvalue weighted by Crippen LogP contribution is 2.30. The van der Waals surface area contributed by atoms with Crippen LogP contribution in [0.5, 0.6) is 0 Å². The zero-order chi connectivity index (χ0) is 12.7. The van der Waals surface area contributed by atoms with E-state index in [0.717, 1.165) is 11.5 Å². The fourth-order valence-corrected chi connectivity index (χ4v) is 2.86. The lowest BCUT2D eigenvalue weighted by molar-refractivity contribution is 0.194. The Bertz CT molecular complexity index is 423. The Balaban J connectivity index is 2.24. The van der Waals surface area contributed by atoms with Gasteiger partial charge in [0.15, 0.2) is 0 Å². The quantitative estimate of drug-likeness (QED) is 0.810. The summed E-state index contributed by atoms with van der Waals surface area (Å²) in [4.78, 5) is 3.27. The summed E-state index contributed by atoms with van der Waals surface area (Å²) >= 11 is 5.59. The molecular formula is C14H20N2S. The Morgan fingerprint density at radius 3 is 2.18 bits per heavy atom. The highest BCUT2D eigenvalue weighted by atomic mass is 32.1. The van der Waals surface area contributed by atoms with Crippen LogP contribution >= 0.6 is 12.2 Å². The van der Waals surface area contributed by atoms with Crippen LogP contribution in [-0.2, 0) is 6.54 Å². The van der Waals surface area contributed by atoms with Gasteiger partial charge in [0.2, 0.25) is 0 Å². The zero-order valence-corrected chi connectivity index (χ0v) is 11.8. The molecule has 1 aromatic rings. The number of nitrogens with one attached hydrogen (secondary N) is 1. The third-order valence-electron chi connectivity index (χ3n) is 3.26. The lowest BCUT2D eigenvalue weighted by atomic mass is 10.1. The molecule has 2 nitrogen and oxygen atoms in total. The molecule has 0 radical (unpaired) electrons. The Morgan fingerprint density at radius 2 is 1.71 bits per heavy atom. The molecule has 3 heteroatoms. The van der Waals surface area contributed by atoms with Crippen molar-refractivity contribution in [1.82, 2.24) is 10.2 Å². The summed E-state index contributed by atoms with van der Waals surface area (Å²) in [5, 5.41) is 3.57. The second kappa shape index (κ2) is 4.07. The maximum atomic E-state index is 5.59. The van der Waals surface area contributed by atoms with Crippen LogP contribution in [0.1, 0.15) is 33.3 Å². The summed E-state index contributed by atoms with van der Waals surface area (Å²) in [6.07, 6.45) is 0. The van der Waals surface area contributed by atoms with E-state index in [1.54, 1.807) is 0 Å². The molecule has 0 atom stereocenters. The molecular weight excluding hydrogens is 228 g/mol. The normalized spacial score (nSPS) is 21.9. The van der Waals surface area contributed by atoms with Crippen LogP contribution in [0.4, 0.5) is 0 Å². The van der Waals surface area contributed by atoms with Gasteiger partial charge in [-0.3, -0.25) is 5.32 Å². The summed E-state index contributed by atoms with van der Waals surface area (Å²) < 4.78 is 0. The van der Waals surface area contributed by atoms with Gasteiger partial charge in [0.05, 0.1) is 16.2 Å². The SMILES string of the molecule is CC1(C)NC(C)(C)N(Cc2ccccc2)C1=S. The van der Waals surface area contributed by atoms with Crippen molar-refractivity contribution in [2.24, 2.45) is 0 Å². The summed E-state index contributed by atoms with van der Waals surface area (Å²) in [7, 11) is 0. The molecule has 0 spiro atoms. The van der Waals surface area contributed by atoms with Crippen molar-refractivity contribution in [3.05, 3.63) is 35.9 Å². The third-order valence-corrected chi connectivity index (χ3v) is 3.99. The minimum Gasteiger partial charge on any atom is -0.343 e. The average molecular weight is 248 g/mol. The molecule has 1 saturated heterocycles. The maximum absolute atomic E-state index is 5.59. The van der Waals surface area contributed by atoms with Crippen LogP contribution in [0, 0.1) is 0 Å². The average Bonchev–Trinajstić information content (AvgIpc) is 2.38. The summed E-state index contributed by atoms with van der Waals surface area (Å²) in [6, 6.07) is 10.5. The van der Waals surface area contributed by atoms with Crippen LogP contribution in [0.2, 0.25) is 0 Å². The first kappa shape index (κ1) is 12.5. The minimum atomic E-state index is -0.104. The van der Waals surface area contributed by atoms with E-state index in [1.165, 1.54) is 5.56 Å². The molecule has 1 aliphatic heterocycles. The van der Waals surface area contributed by atoms with Gasteiger partial charge in [-0.1, -0.05) is 42.5 Å². The Morgan fingerprint density at radius 1 is 1.12 bits per heavy atom. The molecule has 1 heterocycles. The van der Waals surface area contributed by atoms with E-state index in [0.29, 0.717) is 0 Å². The fraction of sp³-hybridized carbons (Fsp3) is 0.500. The van der Waals surface area contributed by atoms with Crippen LogP contribution in [0.3, 0.4) is 0 Å². The van der Waals surface area contributed by atoms with Gasteiger partial charge < -0.3 is 4.90 Å². The first-order valence-electron chi connectivity index (χ1n) is 5.98. The zero-order valence-electron chi connectivity index (χ0n) is 10.9. The van der Waals surface area contributed by atoms with E-state index in [-0.39, 0.29) is 11.2 Å². The summed E-state index contributed by atoms with van der Waals surface area (Å²) in [5.74, 6) is 0. The molecule has 0 saturated carbocycles. The largest absolute Gasteiger partial charge is 0.343 e. The lowest BCUT2D eigenvalue weighted by Gasteiger charge is -2.32. The van der Waals surface area contributed by atoms with Gasteiger partial charge in [-0.25, -0.2) is 0 Å². The number of rotatable bonds is 2. The lowest BCUT2D eigenvalue weighted by Crippen LogP contribution is -2.48. The van der Waals surface area contributed by atoms with Crippen molar-refractivity contribution >= 4 is 17.2 Å². The van der Waals surface area contributed by atoms with Gasteiger partial charge in [0.1, 0.15) is 0 Å². The Labute approximate surface area is 109 Å². The molecule has 0 aromatic heterocycles. The van der Waals surface area contributed by atoms with Gasteiger partial charge in [-0.05, 0) is 33.3 Å². The molecule has 1 aliphatic rings. The van der Waals surface area contributed by atoms with E-state index >= 15 is 0 Å². The topological polar surface area (TPSA) is 15.3 Å². The van der Waals surface area contributed by atoms with Crippen molar-refractivity contribution in [3.8, 4) is 0 Å². The fourth-order valence-electron chi connectivity index (χ4n) is 2.51. The van der Waals surface area contributed by atoms with Crippen molar-refractivity contribution in [2.45, 2.75) is 45.4 Å². The van der Waals surface area contributed by atoms with Crippen LogP contribution in [-0.4, -0.2) is 21.1 Å². The highest BCUT2D eigenvalue weighted by Gasteiger charge is 2.45. The van der Waals surface area contributed by atoms with Crippen molar-refractivity contribution in [3.63, 3.8) is 0 Å². The molecule has 17 heavy (non-hydrogen) atoms. The van der Waals surface area contributed by atoms with E-state index < -0.39 is 0 Å². The predicted molar refractivity (Wildman–Crippen MR) is 75.9 cm³/mol. The summed E-state index contributed by atoms with van der Waals surface area (Å²) in [6.45, 7) is 9.50. The predicted octanol–water partition coefficient (Wildman–Crippen LogP) is 2.93. The molecule has 2 rings (SSSR count). The van der Waals surface area contributed by atoms with Crippen molar-refractivity contribution in [2.75, 3.05) is 0 Å². The van der Waals surface area contributed by atoms with Gasteiger partial charge in [0, 0.05) is 6.54 Å². The summed E-state index contributed by atoms with van der Waals surface area (Å²) in [5.41, 5.74) is 1.10. The molecule has 0 bridgehead atoms. The van der Waals surface area contributed by atoms with Crippen LogP contribution in [0.25, 0.3) is 0 Å². The van der Waals surface area contributed by atoms with Crippen molar-refractivity contribution < 1.29 is 0 Å². The molecule has 1 N–H and O–H groups in total. The number of thiocarbonyl (C=S) groups is 1. The molecule has 0 unspecified atom stereocenters. The van der Waals surface area contributed by atoms with E-state index in [1.807, 2.05) is 6.07 Å². The monoisotopic (exact) mass is 248 g/mol. The van der Waals surface area contributed by atoms with Crippen LogP contribution < -0.4 is 5.32 Å². The third kappa shape index (κ3) is 2.35. The Kier molecular flexibility index (Phi) is 3.00. The van der Waals surface area contributed by atoms with Gasteiger partial charge in [-0.15, -0.1) is 0 Å². The number of nitrogens with zero attached hydrogens (tertiary/aromatic N) is 1. The smallest absolute Gasteiger partial charge is 0.0996 e. The molecule has 1 fully saturated rings. The first-order chi connectivity index (χ1) is 7.83. The number of benzene rings is 1. The van der Waals surface area contributed by atoms with E-state index in [4.69, 9.17) is 12.2 Å². The second-order valence-electron chi connectivity index (χ2n) is 5.69. The van der Waals surface area contributed by atoms with Gasteiger partial charge in [-0.2, -0.15) is 0 Å². The second-order valence-corrected chi connectivity index (χ2v) is 6.07. The van der Waals surface area contributed by atoms with Crippen molar-refractivity contribution in [1.29, 1.82) is 0 Å². The molecule has 1 aromatic carbocycles. The standard InChI is InChI=1S/C14H20N2S/c1-13(2)12(17)16(14(3,4)15-13)10-11-8-6-5-7-9-11/h5-9,15H,10H2,1-4H3. The highest BCUT2D eigenvalue weighted by molar-refractivity contribution is 7.80. The first-order valence-corrected chi connectivity index (χ1v) is 6.39. The molecule has 92 valence electrons. The van der Waals surface area contributed by atoms with Crippen LogP contribution in [0.15, 0.2) is 30.3 Å². The number of hydrogen-bond acceptors (Lipinski definition) is 2. The Hall–Kier alpha value is -0.930. The molecule has 0 aliphatic carbocycles. The van der Waals surface area contributed by atoms with E-state index in [2.05, 4.69) is 62.2 Å². The minimum absolute atomic E-state index is 0.0869. The molecule has 0 amide bonds. The van der Waals surface area contributed by atoms with E-state index in [9.17, 15) is 0 Å². The maximum Gasteiger partial charge on any atom is 0.0996 e.